The van der Waals surface area contributed by atoms with Gasteiger partial charge in [0, 0.05) is 16.5 Å². The zero-order valence-electron chi connectivity index (χ0n) is 7.14. The molecule has 0 radical (unpaired) electrons. The minimum Gasteiger partial charge on any atom is -0.478 e. The fourth-order valence-corrected chi connectivity index (χ4v) is 1.60. The summed E-state index contributed by atoms with van der Waals surface area (Å²) < 4.78 is 0. The first kappa shape index (κ1) is 9.02. The van der Waals surface area contributed by atoms with Crippen molar-refractivity contribution in [1.29, 1.82) is 0 Å². The predicted molar refractivity (Wildman–Crippen MR) is 56.0 cm³/mol. The van der Waals surface area contributed by atoms with E-state index in [-0.39, 0.29) is 5.56 Å². The SMILES string of the molecule is O=C(O)c1ccc(S)c2ncccc12. The highest BCUT2D eigenvalue weighted by Crippen LogP contribution is 2.22. The average molecular weight is 205 g/mol. The van der Waals surface area contributed by atoms with Crippen molar-refractivity contribution >= 4 is 29.5 Å². The van der Waals surface area contributed by atoms with E-state index in [2.05, 4.69) is 17.6 Å². The van der Waals surface area contributed by atoms with Crippen LogP contribution in [0.25, 0.3) is 10.9 Å². The smallest absolute Gasteiger partial charge is 0.336 e. The Hall–Kier alpha value is -1.55. The number of carboxylic acids is 1. The lowest BCUT2D eigenvalue weighted by Gasteiger charge is -2.03. The molecule has 0 spiro atoms. The predicted octanol–water partition coefficient (Wildman–Crippen LogP) is 2.22. The number of benzene rings is 1. The maximum absolute atomic E-state index is 10.9. The van der Waals surface area contributed by atoms with Crippen molar-refractivity contribution < 1.29 is 9.90 Å². The third-order valence-electron chi connectivity index (χ3n) is 1.98. The largest absolute Gasteiger partial charge is 0.478 e. The van der Waals surface area contributed by atoms with Gasteiger partial charge in [0.25, 0.3) is 0 Å². The first-order valence-electron chi connectivity index (χ1n) is 4.00. The Kier molecular flexibility index (Phi) is 2.13. The molecular formula is C10H7NO2S. The van der Waals surface area contributed by atoms with Gasteiger partial charge in [-0.25, -0.2) is 4.79 Å². The van der Waals surface area contributed by atoms with Gasteiger partial charge in [-0.05, 0) is 18.2 Å². The molecule has 2 rings (SSSR count). The summed E-state index contributed by atoms with van der Waals surface area (Å²) in [4.78, 5) is 15.6. The molecule has 0 amide bonds. The van der Waals surface area contributed by atoms with E-state index in [1.54, 1.807) is 24.4 Å². The number of pyridine rings is 1. The lowest BCUT2D eigenvalue weighted by Crippen LogP contribution is -1.98. The average Bonchev–Trinajstić information content (AvgIpc) is 2.18. The number of rotatable bonds is 1. The summed E-state index contributed by atoms with van der Waals surface area (Å²) in [6.07, 6.45) is 1.62. The number of carbonyl (C=O) groups is 1. The Morgan fingerprint density at radius 1 is 1.36 bits per heavy atom. The minimum absolute atomic E-state index is 0.255. The van der Waals surface area contributed by atoms with Crippen molar-refractivity contribution in [1.82, 2.24) is 4.98 Å². The van der Waals surface area contributed by atoms with E-state index in [0.29, 0.717) is 15.8 Å². The van der Waals surface area contributed by atoms with E-state index < -0.39 is 5.97 Å². The number of aromatic carboxylic acids is 1. The quantitative estimate of drug-likeness (QED) is 0.702. The first-order valence-corrected chi connectivity index (χ1v) is 4.45. The molecule has 14 heavy (non-hydrogen) atoms. The molecular weight excluding hydrogens is 198 g/mol. The second-order valence-corrected chi connectivity index (χ2v) is 3.32. The number of aromatic nitrogens is 1. The maximum Gasteiger partial charge on any atom is 0.336 e. The van der Waals surface area contributed by atoms with Crippen LogP contribution in [0.15, 0.2) is 35.4 Å². The van der Waals surface area contributed by atoms with Crippen LogP contribution in [0.4, 0.5) is 0 Å². The zero-order valence-corrected chi connectivity index (χ0v) is 8.03. The number of hydrogen-bond acceptors (Lipinski definition) is 3. The highest BCUT2D eigenvalue weighted by atomic mass is 32.1. The Morgan fingerprint density at radius 3 is 2.86 bits per heavy atom. The van der Waals surface area contributed by atoms with E-state index in [1.165, 1.54) is 6.07 Å². The van der Waals surface area contributed by atoms with Crippen molar-refractivity contribution in [3.05, 3.63) is 36.0 Å². The van der Waals surface area contributed by atoms with Crippen LogP contribution >= 0.6 is 12.6 Å². The van der Waals surface area contributed by atoms with Gasteiger partial charge in [0.1, 0.15) is 0 Å². The lowest BCUT2D eigenvalue weighted by molar-refractivity contribution is 0.0699. The highest BCUT2D eigenvalue weighted by Gasteiger charge is 2.09. The van der Waals surface area contributed by atoms with Crippen LogP contribution in [0.2, 0.25) is 0 Å². The van der Waals surface area contributed by atoms with Gasteiger partial charge in [-0.15, -0.1) is 12.6 Å². The molecule has 0 atom stereocenters. The topological polar surface area (TPSA) is 50.2 Å². The van der Waals surface area contributed by atoms with E-state index in [9.17, 15) is 4.79 Å². The van der Waals surface area contributed by atoms with Crippen LogP contribution in [-0.2, 0) is 0 Å². The molecule has 0 bridgehead atoms. The van der Waals surface area contributed by atoms with Crippen molar-refractivity contribution in [2.45, 2.75) is 4.90 Å². The van der Waals surface area contributed by atoms with Gasteiger partial charge in [-0.2, -0.15) is 0 Å². The van der Waals surface area contributed by atoms with Gasteiger partial charge in [0.2, 0.25) is 0 Å². The summed E-state index contributed by atoms with van der Waals surface area (Å²) in [5, 5.41) is 9.54. The molecule has 4 heteroatoms. The van der Waals surface area contributed by atoms with Crippen LogP contribution in [-0.4, -0.2) is 16.1 Å². The third kappa shape index (κ3) is 1.33. The Labute approximate surface area is 85.8 Å². The summed E-state index contributed by atoms with van der Waals surface area (Å²) in [5.41, 5.74) is 0.877. The van der Waals surface area contributed by atoms with Crippen LogP contribution in [0, 0.1) is 0 Å². The number of thiol groups is 1. The Balaban J connectivity index is 2.88. The minimum atomic E-state index is -0.948. The maximum atomic E-state index is 10.9. The standard InChI is InChI=1S/C10H7NO2S/c12-10(13)7-3-4-8(14)9-6(7)2-1-5-11-9/h1-5,14H,(H,12,13). The number of hydrogen-bond donors (Lipinski definition) is 2. The van der Waals surface area contributed by atoms with Crippen molar-refractivity contribution in [2.75, 3.05) is 0 Å². The first-order chi connectivity index (χ1) is 6.70. The van der Waals surface area contributed by atoms with Crippen LogP contribution in [0.3, 0.4) is 0 Å². The van der Waals surface area contributed by atoms with Gasteiger partial charge in [0.15, 0.2) is 0 Å². The molecule has 2 aromatic rings. The van der Waals surface area contributed by atoms with Gasteiger partial charge >= 0.3 is 5.97 Å². The summed E-state index contributed by atoms with van der Waals surface area (Å²) in [7, 11) is 0. The molecule has 0 saturated heterocycles. The molecule has 0 aliphatic rings. The van der Waals surface area contributed by atoms with Crippen LogP contribution in [0.1, 0.15) is 10.4 Å². The third-order valence-corrected chi connectivity index (χ3v) is 2.34. The fraction of sp³-hybridized carbons (Fsp3) is 0. The van der Waals surface area contributed by atoms with Gasteiger partial charge in [0.05, 0.1) is 11.1 Å². The van der Waals surface area contributed by atoms with Crippen LogP contribution in [0.5, 0.6) is 0 Å². The normalized spacial score (nSPS) is 10.4. The Morgan fingerprint density at radius 2 is 2.14 bits per heavy atom. The van der Waals surface area contributed by atoms with Gasteiger partial charge in [-0.3, -0.25) is 4.98 Å². The lowest BCUT2D eigenvalue weighted by atomic mass is 10.1. The molecule has 0 fully saturated rings. The summed E-state index contributed by atoms with van der Waals surface area (Å²) in [6.45, 7) is 0. The molecule has 1 N–H and O–H groups in total. The van der Waals surface area contributed by atoms with E-state index in [4.69, 9.17) is 5.11 Å². The molecule has 70 valence electrons. The number of nitrogens with zero attached hydrogens (tertiary/aromatic N) is 1. The van der Waals surface area contributed by atoms with E-state index in [0.717, 1.165) is 0 Å². The van der Waals surface area contributed by atoms with Gasteiger partial charge < -0.3 is 5.11 Å². The monoisotopic (exact) mass is 205 g/mol. The molecule has 1 aromatic carbocycles. The molecule has 1 heterocycles. The molecule has 0 aliphatic carbocycles. The second-order valence-electron chi connectivity index (χ2n) is 2.84. The highest BCUT2D eigenvalue weighted by molar-refractivity contribution is 7.80. The molecule has 0 aliphatic heterocycles. The summed E-state index contributed by atoms with van der Waals surface area (Å²) in [5.74, 6) is -0.948. The zero-order chi connectivity index (χ0) is 10.1. The Bertz CT molecular complexity index is 510. The molecule has 3 nitrogen and oxygen atoms in total. The summed E-state index contributed by atoms with van der Waals surface area (Å²) >= 11 is 4.21. The van der Waals surface area contributed by atoms with E-state index >= 15 is 0 Å². The molecule has 1 aromatic heterocycles. The van der Waals surface area contributed by atoms with Crippen molar-refractivity contribution in [3.8, 4) is 0 Å². The van der Waals surface area contributed by atoms with Crippen molar-refractivity contribution in [2.24, 2.45) is 0 Å². The number of carboxylic acid groups (broad SMARTS) is 1. The fourth-order valence-electron chi connectivity index (χ4n) is 1.34. The summed E-state index contributed by atoms with van der Waals surface area (Å²) in [6, 6.07) is 6.62. The molecule has 0 saturated carbocycles. The number of fused-ring (bicyclic) bond motifs is 1. The molecule has 0 unspecified atom stereocenters. The van der Waals surface area contributed by atoms with Gasteiger partial charge in [-0.1, -0.05) is 6.07 Å². The van der Waals surface area contributed by atoms with E-state index in [1.807, 2.05) is 0 Å². The van der Waals surface area contributed by atoms with Crippen molar-refractivity contribution in [3.63, 3.8) is 0 Å². The second kappa shape index (κ2) is 3.31. The van der Waals surface area contributed by atoms with Crippen LogP contribution < -0.4 is 0 Å².